The van der Waals surface area contributed by atoms with Gasteiger partial charge in [0, 0.05) is 12.6 Å². The van der Waals surface area contributed by atoms with Gasteiger partial charge in [-0.25, -0.2) is 4.39 Å². The summed E-state index contributed by atoms with van der Waals surface area (Å²) < 4.78 is 24.1. The molecule has 1 fully saturated rings. The zero-order valence-corrected chi connectivity index (χ0v) is 13.9. The number of methoxy groups -OCH3 is 1. The van der Waals surface area contributed by atoms with Crippen molar-refractivity contribution in [3.8, 4) is 11.5 Å². The molecule has 0 radical (unpaired) electrons. The van der Waals surface area contributed by atoms with Crippen molar-refractivity contribution in [1.82, 2.24) is 4.90 Å². The number of aliphatic hydroxyl groups excluding tert-OH is 1. The van der Waals surface area contributed by atoms with Crippen molar-refractivity contribution >= 4 is 5.91 Å². The number of amides is 1. The Kier molecular flexibility index (Phi) is 5.19. The normalized spacial score (nSPS) is 19.7. The van der Waals surface area contributed by atoms with Gasteiger partial charge in [0.1, 0.15) is 17.3 Å². The van der Waals surface area contributed by atoms with Crippen molar-refractivity contribution in [2.24, 2.45) is 0 Å². The second kappa shape index (κ2) is 7.53. The Hall–Kier alpha value is -2.60. The largest absolute Gasteiger partial charge is 0.497 e. The van der Waals surface area contributed by atoms with E-state index in [0.717, 1.165) is 0 Å². The van der Waals surface area contributed by atoms with Gasteiger partial charge in [-0.05, 0) is 36.2 Å². The molecule has 0 aromatic heterocycles. The number of nitrogens with zero attached hydrogens (tertiary/aromatic N) is 1. The molecule has 1 amide bonds. The number of hydrogen-bond donors (Lipinski definition) is 1. The van der Waals surface area contributed by atoms with Gasteiger partial charge in [0.2, 0.25) is 0 Å². The lowest BCUT2D eigenvalue weighted by molar-refractivity contribution is -0.134. The lowest BCUT2D eigenvalue weighted by Gasteiger charge is -2.25. The van der Waals surface area contributed by atoms with Gasteiger partial charge in [0.15, 0.2) is 6.61 Å². The summed E-state index contributed by atoms with van der Waals surface area (Å²) in [5, 5.41) is 9.96. The van der Waals surface area contributed by atoms with Crippen molar-refractivity contribution < 1.29 is 23.8 Å². The maximum absolute atomic E-state index is 13.5. The fourth-order valence-electron chi connectivity index (χ4n) is 3.04. The number of likely N-dealkylation sites (tertiary alicyclic amines) is 1. The van der Waals surface area contributed by atoms with E-state index in [9.17, 15) is 14.3 Å². The SMILES string of the molecule is COc1cccc(OCC(=O)N2C[C@@H](O)C[C@@H]2c2cccc(F)c2)c1. The van der Waals surface area contributed by atoms with Crippen molar-refractivity contribution in [3.05, 3.63) is 59.9 Å². The van der Waals surface area contributed by atoms with Gasteiger partial charge >= 0.3 is 0 Å². The highest BCUT2D eigenvalue weighted by Gasteiger charge is 2.35. The van der Waals surface area contributed by atoms with Crippen molar-refractivity contribution in [2.45, 2.75) is 18.6 Å². The number of β-amino-alcohol motifs (C(OH)–C–C–N with tert-alkyl or cyclic N) is 1. The molecule has 0 bridgehead atoms. The van der Waals surface area contributed by atoms with Gasteiger partial charge in [0.05, 0.1) is 19.3 Å². The number of hydrogen-bond acceptors (Lipinski definition) is 4. The molecule has 132 valence electrons. The van der Waals surface area contributed by atoms with Crippen LogP contribution in [0.1, 0.15) is 18.0 Å². The molecular formula is C19H20FNO4. The first kappa shape index (κ1) is 17.2. The Morgan fingerprint density at radius 1 is 1.24 bits per heavy atom. The summed E-state index contributed by atoms with van der Waals surface area (Å²) in [4.78, 5) is 14.1. The zero-order valence-electron chi connectivity index (χ0n) is 13.9. The van der Waals surface area contributed by atoms with Gasteiger partial charge in [-0.2, -0.15) is 0 Å². The third-order valence-electron chi connectivity index (χ3n) is 4.24. The molecule has 1 aliphatic heterocycles. The van der Waals surface area contributed by atoms with E-state index in [-0.39, 0.29) is 30.9 Å². The molecule has 1 aliphatic rings. The van der Waals surface area contributed by atoms with Crippen LogP contribution in [0.25, 0.3) is 0 Å². The van der Waals surface area contributed by atoms with Crippen LogP contribution in [0.5, 0.6) is 11.5 Å². The molecule has 0 spiro atoms. The van der Waals surface area contributed by atoms with E-state index >= 15 is 0 Å². The van der Waals surface area contributed by atoms with Crippen LogP contribution in [-0.2, 0) is 4.79 Å². The number of carbonyl (C=O) groups is 1. The molecule has 0 aliphatic carbocycles. The highest BCUT2D eigenvalue weighted by atomic mass is 19.1. The first-order valence-corrected chi connectivity index (χ1v) is 8.06. The lowest BCUT2D eigenvalue weighted by Crippen LogP contribution is -2.35. The molecular weight excluding hydrogens is 325 g/mol. The summed E-state index contributed by atoms with van der Waals surface area (Å²) in [5.74, 6) is 0.543. The summed E-state index contributed by atoms with van der Waals surface area (Å²) in [5.41, 5.74) is 0.672. The Labute approximate surface area is 145 Å². The van der Waals surface area contributed by atoms with Crippen molar-refractivity contribution in [1.29, 1.82) is 0 Å². The Morgan fingerprint density at radius 2 is 2.00 bits per heavy atom. The molecule has 0 saturated carbocycles. The fraction of sp³-hybridized carbons (Fsp3) is 0.316. The second-order valence-electron chi connectivity index (χ2n) is 5.97. The maximum atomic E-state index is 13.5. The first-order valence-electron chi connectivity index (χ1n) is 8.06. The van der Waals surface area contributed by atoms with Crippen LogP contribution in [-0.4, -0.2) is 42.3 Å². The molecule has 2 aromatic rings. The predicted molar refractivity (Wildman–Crippen MR) is 90.0 cm³/mol. The number of carbonyl (C=O) groups excluding carboxylic acids is 1. The van der Waals surface area contributed by atoms with Crippen LogP contribution in [0.2, 0.25) is 0 Å². The Bertz CT molecular complexity index is 752. The summed E-state index contributed by atoms with van der Waals surface area (Å²) in [6, 6.07) is 12.7. The topological polar surface area (TPSA) is 59.0 Å². The lowest BCUT2D eigenvalue weighted by atomic mass is 10.0. The number of ether oxygens (including phenoxy) is 2. The molecule has 2 aromatic carbocycles. The van der Waals surface area contributed by atoms with Gasteiger partial charge in [-0.3, -0.25) is 4.79 Å². The standard InChI is InChI=1S/C19H20FNO4/c1-24-16-6-3-7-17(10-16)25-12-19(23)21-11-15(22)9-18(21)13-4-2-5-14(20)8-13/h2-8,10,15,18,22H,9,11-12H2,1H3/t15-,18+/m0/s1. The minimum Gasteiger partial charge on any atom is -0.497 e. The number of halogens is 1. The van der Waals surface area contributed by atoms with Gasteiger partial charge in [-0.15, -0.1) is 0 Å². The van der Waals surface area contributed by atoms with Crippen LogP contribution in [0.3, 0.4) is 0 Å². The van der Waals surface area contributed by atoms with Crippen molar-refractivity contribution in [2.75, 3.05) is 20.3 Å². The van der Waals surface area contributed by atoms with Gasteiger partial charge in [-0.1, -0.05) is 18.2 Å². The van der Waals surface area contributed by atoms with Gasteiger partial charge in [0.25, 0.3) is 5.91 Å². The summed E-state index contributed by atoms with van der Waals surface area (Å²) in [6.07, 6.45) is -0.247. The molecule has 1 N–H and O–H groups in total. The minimum absolute atomic E-state index is 0.161. The third-order valence-corrected chi connectivity index (χ3v) is 4.24. The number of aliphatic hydroxyl groups is 1. The maximum Gasteiger partial charge on any atom is 0.261 e. The average Bonchev–Trinajstić information content (AvgIpc) is 3.02. The highest BCUT2D eigenvalue weighted by Crippen LogP contribution is 2.32. The zero-order chi connectivity index (χ0) is 17.8. The van der Waals surface area contributed by atoms with E-state index in [4.69, 9.17) is 9.47 Å². The predicted octanol–water partition coefficient (Wildman–Crippen LogP) is 2.55. The Morgan fingerprint density at radius 3 is 2.76 bits per heavy atom. The fourth-order valence-corrected chi connectivity index (χ4v) is 3.04. The number of benzene rings is 2. The molecule has 3 rings (SSSR count). The van der Waals surface area contributed by atoms with Crippen LogP contribution >= 0.6 is 0 Å². The van der Waals surface area contributed by atoms with E-state index in [1.165, 1.54) is 12.1 Å². The molecule has 1 saturated heterocycles. The molecule has 2 atom stereocenters. The van der Waals surface area contributed by atoms with E-state index in [1.807, 2.05) is 0 Å². The van der Waals surface area contributed by atoms with Crippen molar-refractivity contribution in [3.63, 3.8) is 0 Å². The molecule has 1 heterocycles. The third kappa shape index (κ3) is 4.09. The monoisotopic (exact) mass is 345 g/mol. The minimum atomic E-state index is -0.631. The van der Waals surface area contributed by atoms with E-state index < -0.39 is 6.10 Å². The van der Waals surface area contributed by atoms with Crippen LogP contribution < -0.4 is 9.47 Å². The van der Waals surface area contributed by atoms with Crippen LogP contribution in [0.15, 0.2) is 48.5 Å². The molecule has 6 heteroatoms. The van der Waals surface area contributed by atoms with E-state index in [2.05, 4.69) is 0 Å². The highest BCUT2D eigenvalue weighted by molar-refractivity contribution is 5.78. The van der Waals surface area contributed by atoms with E-state index in [1.54, 1.807) is 48.4 Å². The van der Waals surface area contributed by atoms with Crippen LogP contribution in [0, 0.1) is 5.82 Å². The van der Waals surface area contributed by atoms with Gasteiger partial charge < -0.3 is 19.5 Å². The quantitative estimate of drug-likeness (QED) is 0.905. The Balaban J connectivity index is 1.69. The average molecular weight is 345 g/mol. The molecule has 0 unspecified atom stereocenters. The first-order chi connectivity index (χ1) is 12.1. The molecule has 5 nitrogen and oxygen atoms in total. The van der Waals surface area contributed by atoms with E-state index in [0.29, 0.717) is 23.5 Å². The van der Waals surface area contributed by atoms with Crippen LogP contribution in [0.4, 0.5) is 4.39 Å². The molecule has 25 heavy (non-hydrogen) atoms. The summed E-state index contributed by atoms with van der Waals surface area (Å²) in [7, 11) is 1.56. The summed E-state index contributed by atoms with van der Waals surface area (Å²) >= 11 is 0. The summed E-state index contributed by atoms with van der Waals surface area (Å²) in [6.45, 7) is 0.0488. The number of rotatable bonds is 5. The smallest absolute Gasteiger partial charge is 0.261 e. The second-order valence-corrected chi connectivity index (χ2v) is 5.97.